The molecule has 370 valence electrons. The lowest BCUT2D eigenvalue weighted by molar-refractivity contribution is 0.713. The van der Waals surface area contributed by atoms with E-state index in [1.807, 2.05) is 32.0 Å². The number of nitrogens with zero attached hydrogens (tertiary/aromatic N) is 1. The first-order valence-corrected chi connectivity index (χ1v) is 27.2. The Hall–Kier alpha value is -8.26. The molecule has 0 saturated heterocycles. The summed E-state index contributed by atoms with van der Waals surface area (Å²) in [7, 11) is 0. The molecule has 0 N–H and O–H groups in total. The highest BCUT2D eigenvalue weighted by Crippen LogP contribution is 2.63. The smallest absolute Gasteiger partial charge is 0.0688 e. The number of hydrogen-bond acceptors (Lipinski definition) is 0. The molecule has 4 aliphatic rings. The average Bonchev–Trinajstić information content (AvgIpc) is 4.13. The van der Waals surface area contributed by atoms with Gasteiger partial charge in [0.25, 0.3) is 0 Å². The van der Waals surface area contributed by atoms with Crippen LogP contribution in [0.4, 0.5) is 0 Å². The number of fused-ring (bicyclic) bond motifs is 13. The molecule has 0 bridgehead atoms. The van der Waals surface area contributed by atoms with Gasteiger partial charge in [-0.25, -0.2) is 0 Å². The van der Waals surface area contributed by atoms with Crippen LogP contribution in [0, 0.1) is 20.8 Å². The Morgan fingerprint density at radius 2 is 1.23 bits per heavy atom. The van der Waals surface area contributed by atoms with Crippen molar-refractivity contribution in [2.45, 2.75) is 79.6 Å². The van der Waals surface area contributed by atoms with Crippen molar-refractivity contribution in [1.82, 2.24) is 4.57 Å². The maximum Gasteiger partial charge on any atom is 0.0688 e. The average molecular weight is 972 g/mol. The Labute approximate surface area is 446 Å². The molecule has 0 unspecified atom stereocenters. The summed E-state index contributed by atoms with van der Waals surface area (Å²) >= 11 is 0. The van der Waals surface area contributed by atoms with E-state index in [1.165, 1.54) is 117 Å². The van der Waals surface area contributed by atoms with Gasteiger partial charge in [-0.05, 0) is 174 Å². The van der Waals surface area contributed by atoms with Gasteiger partial charge in [-0.2, -0.15) is 0 Å². The largest absolute Gasteiger partial charge is 0.309 e. The summed E-state index contributed by atoms with van der Waals surface area (Å²) in [6.45, 7) is 14.7. The molecular formula is C74H69N. The molecule has 8 aromatic carbocycles. The van der Waals surface area contributed by atoms with Crippen LogP contribution in [0.1, 0.15) is 114 Å². The third-order valence-corrected chi connectivity index (χ3v) is 15.2. The number of aryl methyl sites for hydroxylation is 4. The summed E-state index contributed by atoms with van der Waals surface area (Å²) < 4.78 is 2.40. The Bertz CT molecular complexity index is 3720. The SMILES string of the molecule is C/C=C\c1c(C)ccc2c1c1cc(C(/C=C\c3ccc4c(c3)CCC=C4)=C/C=C/C)ccc1n2-c1ccccc1.CC.Cc1ccc2c(c1)C1(C3=C2C=CCC3)c2ccccc2-c2ccccc21.Cc1ccccc1. The predicted molar refractivity (Wildman–Crippen MR) is 327 cm³/mol. The normalized spacial score (nSPS) is 14.5. The maximum absolute atomic E-state index is 2.43. The molecule has 1 aromatic heterocycles. The molecule has 1 heterocycles. The van der Waals surface area contributed by atoms with E-state index in [2.05, 4.69) is 264 Å². The van der Waals surface area contributed by atoms with Crippen molar-refractivity contribution in [3.05, 3.63) is 297 Å². The van der Waals surface area contributed by atoms with E-state index in [0.29, 0.717) is 0 Å². The second-order valence-corrected chi connectivity index (χ2v) is 19.9. The lowest BCUT2D eigenvalue weighted by Crippen LogP contribution is -2.27. The minimum Gasteiger partial charge on any atom is -0.309 e. The number of aromatic nitrogens is 1. The molecule has 0 amide bonds. The molecule has 75 heavy (non-hydrogen) atoms. The van der Waals surface area contributed by atoms with Crippen LogP contribution in [-0.2, 0) is 11.8 Å². The Kier molecular flexibility index (Phi) is 15.1. The van der Waals surface area contributed by atoms with Gasteiger partial charge in [-0.15, -0.1) is 0 Å². The second-order valence-electron chi connectivity index (χ2n) is 19.9. The second kappa shape index (κ2) is 22.5. The van der Waals surface area contributed by atoms with E-state index < -0.39 is 0 Å². The van der Waals surface area contributed by atoms with Gasteiger partial charge in [0.1, 0.15) is 0 Å². The fourth-order valence-corrected chi connectivity index (χ4v) is 11.9. The van der Waals surface area contributed by atoms with Gasteiger partial charge in [0.15, 0.2) is 0 Å². The summed E-state index contributed by atoms with van der Waals surface area (Å²) in [5.41, 5.74) is 26.9. The summed E-state index contributed by atoms with van der Waals surface area (Å²) in [4.78, 5) is 0. The van der Waals surface area contributed by atoms with Crippen molar-refractivity contribution < 1.29 is 0 Å². The van der Waals surface area contributed by atoms with E-state index in [1.54, 1.807) is 5.57 Å². The van der Waals surface area contributed by atoms with Gasteiger partial charge in [-0.3, -0.25) is 0 Å². The first kappa shape index (κ1) is 50.3. The molecule has 0 fully saturated rings. The predicted octanol–water partition coefficient (Wildman–Crippen LogP) is 20.2. The van der Waals surface area contributed by atoms with Crippen LogP contribution in [0.2, 0.25) is 0 Å². The number of para-hydroxylation sites is 1. The fourth-order valence-electron chi connectivity index (χ4n) is 11.9. The van der Waals surface area contributed by atoms with Crippen LogP contribution in [0.3, 0.4) is 0 Å². The fraction of sp³-hybridized carbons (Fsp3) is 0.162. The molecule has 0 aliphatic heterocycles. The van der Waals surface area contributed by atoms with Gasteiger partial charge >= 0.3 is 0 Å². The number of allylic oxidation sites excluding steroid dienone is 11. The number of hydrogen-bond donors (Lipinski definition) is 0. The third-order valence-electron chi connectivity index (χ3n) is 15.2. The molecule has 9 aromatic rings. The third kappa shape index (κ3) is 9.49. The minimum atomic E-state index is -0.103. The van der Waals surface area contributed by atoms with Gasteiger partial charge in [0.05, 0.1) is 16.4 Å². The van der Waals surface area contributed by atoms with E-state index in [0.717, 1.165) is 25.7 Å². The van der Waals surface area contributed by atoms with Gasteiger partial charge in [-0.1, -0.05) is 237 Å². The van der Waals surface area contributed by atoms with Crippen LogP contribution in [0.15, 0.2) is 230 Å². The van der Waals surface area contributed by atoms with Gasteiger partial charge in [0, 0.05) is 16.5 Å². The summed E-state index contributed by atoms with van der Waals surface area (Å²) in [5.74, 6) is 0. The zero-order valence-electron chi connectivity index (χ0n) is 44.9. The monoisotopic (exact) mass is 972 g/mol. The van der Waals surface area contributed by atoms with Crippen molar-refractivity contribution in [3.63, 3.8) is 0 Å². The van der Waals surface area contributed by atoms with Crippen molar-refractivity contribution in [3.8, 4) is 16.8 Å². The number of benzene rings is 8. The molecule has 1 heteroatoms. The lowest BCUT2D eigenvalue weighted by Gasteiger charge is -2.33. The van der Waals surface area contributed by atoms with Crippen LogP contribution >= 0.6 is 0 Å². The molecule has 1 spiro atoms. The van der Waals surface area contributed by atoms with Crippen LogP contribution < -0.4 is 0 Å². The van der Waals surface area contributed by atoms with Crippen molar-refractivity contribution in [1.29, 1.82) is 0 Å². The van der Waals surface area contributed by atoms with Crippen LogP contribution in [-0.4, -0.2) is 4.57 Å². The molecule has 0 saturated carbocycles. The van der Waals surface area contributed by atoms with E-state index >= 15 is 0 Å². The minimum absolute atomic E-state index is 0.103. The molecule has 4 aliphatic carbocycles. The highest BCUT2D eigenvalue weighted by Gasteiger charge is 2.52. The van der Waals surface area contributed by atoms with Crippen molar-refractivity contribution in [2.75, 3.05) is 0 Å². The summed E-state index contributed by atoms with van der Waals surface area (Å²) in [5, 5.41) is 2.57. The van der Waals surface area contributed by atoms with Crippen molar-refractivity contribution >= 4 is 51.2 Å². The quantitative estimate of drug-likeness (QED) is 0.146. The lowest BCUT2D eigenvalue weighted by atomic mass is 9.68. The highest BCUT2D eigenvalue weighted by atomic mass is 15.0. The molecule has 0 atom stereocenters. The molecule has 1 nitrogen and oxygen atoms in total. The molecule has 0 radical (unpaired) electrons. The zero-order valence-corrected chi connectivity index (χ0v) is 44.9. The van der Waals surface area contributed by atoms with Crippen LogP contribution in [0.25, 0.3) is 68.0 Å². The van der Waals surface area contributed by atoms with Crippen LogP contribution in [0.5, 0.6) is 0 Å². The maximum atomic E-state index is 2.43. The molecular weight excluding hydrogens is 903 g/mol. The summed E-state index contributed by atoms with van der Waals surface area (Å²) in [6.07, 6.45) is 29.1. The first-order chi connectivity index (χ1) is 36.9. The van der Waals surface area contributed by atoms with Gasteiger partial charge in [0.2, 0.25) is 0 Å². The Balaban J connectivity index is 0.000000155. The van der Waals surface area contributed by atoms with E-state index in [9.17, 15) is 0 Å². The number of rotatable bonds is 6. The van der Waals surface area contributed by atoms with E-state index in [4.69, 9.17) is 0 Å². The summed E-state index contributed by atoms with van der Waals surface area (Å²) in [6, 6.07) is 64.3. The topological polar surface area (TPSA) is 4.93 Å². The zero-order chi connectivity index (χ0) is 51.9. The molecule has 13 rings (SSSR count). The van der Waals surface area contributed by atoms with E-state index in [-0.39, 0.29) is 5.41 Å². The van der Waals surface area contributed by atoms with Gasteiger partial charge < -0.3 is 4.57 Å². The Morgan fingerprint density at radius 3 is 1.93 bits per heavy atom. The standard InChI is InChI=1S/C39H35N.C26H20.C7H8.C2H6/c1-4-6-13-30(21-19-29-20-22-31-14-10-11-15-32(31)26-29)33-23-25-37-36(27-33)39-35(12-5-2)28(3)18-24-38(39)40(37)34-16-8-7-9-17-34;1-17-14-15-21-20-10-4-7-13-24(20)26(25(21)16-17)22-11-5-2-8-18(22)19-9-3-6-12-23(19)26;1-7-5-3-2-4-6-7;1-2/h4-10,12-14,16-27H,11,15H2,1-3H3;2-6,8-12,14-16H,7,13H2,1H3;2-6H,1H3;1-2H3/b6-4+,12-5-,21-19-,30-13+;;;. The highest BCUT2D eigenvalue weighted by molar-refractivity contribution is 6.14. The Morgan fingerprint density at radius 1 is 0.547 bits per heavy atom. The first-order valence-electron chi connectivity index (χ1n) is 27.2. The van der Waals surface area contributed by atoms with Crippen molar-refractivity contribution in [2.24, 2.45) is 0 Å².